The highest BCUT2D eigenvalue weighted by atomic mass is 79.9. The van der Waals surface area contributed by atoms with Gasteiger partial charge in [-0.15, -0.1) is 0 Å². The van der Waals surface area contributed by atoms with Crippen molar-refractivity contribution in [1.82, 2.24) is 5.32 Å². The molecule has 2 aliphatic rings. The first-order chi connectivity index (χ1) is 9.53. The van der Waals surface area contributed by atoms with Gasteiger partial charge in [-0.2, -0.15) is 0 Å². The molecule has 2 amide bonds. The van der Waals surface area contributed by atoms with Gasteiger partial charge < -0.3 is 4.74 Å². The van der Waals surface area contributed by atoms with E-state index in [0.717, 1.165) is 16.5 Å². The lowest BCUT2D eigenvalue weighted by molar-refractivity contribution is -0.142. The lowest BCUT2D eigenvalue weighted by Crippen LogP contribution is -2.53. The maximum atomic E-state index is 12.4. The number of amides is 2. The average Bonchev–Trinajstić information content (AvgIpc) is 2.72. The summed E-state index contributed by atoms with van der Waals surface area (Å²) in [5, 5.41) is 2.47. The lowest BCUT2D eigenvalue weighted by atomic mass is 9.63. The van der Waals surface area contributed by atoms with Gasteiger partial charge in [0.05, 0.1) is 12.0 Å². The largest absolute Gasteiger partial charge is 0.378 e. The number of ether oxygens (including phenoxy) is 1. The van der Waals surface area contributed by atoms with Crippen LogP contribution in [0.5, 0.6) is 0 Å². The van der Waals surface area contributed by atoms with Gasteiger partial charge in [-0.05, 0) is 31.0 Å². The predicted octanol–water partition coefficient (Wildman–Crippen LogP) is 2.37. The Morgan fingerprint density at radius 1 is 1.30 bits per heavy atom. The summed E-state index contributed by atoms with van der Waals surface area (Å²) < 4.78 is 6.65. The number of hydrogen-bond donors (Lipinski definition) is 1. The van der Waals surface area contributed by atoms with Crippen molar-refractivity contribution >= 4 is 27.7 Å². The van der Waals surface area contributed by atoms with Gasteiger partial charge >= 0.3 is 0 Å². The van der Waals surface area contributed by atoms with Crippen molar-refractivity contribution in [2.24, 2.45) is 5.41 Å². The van der Waals surface area contributed by atoms with E-state index in [2.05, 4.69) is 21.2 Å². The third kappa shape index (κ3) is 2.09. The summed E-state index contributed by atoms with van der Waals surface area (Å²) in [6.07, 6.45) is 1.00. The second-order valence-electron chi connectivity index (χ2n) is 5.57. The van der Waals surface area contributed by atoms with Crippen LogP contribution < -0.4 is 5.32 Å². The van der Waals surface area contributed by atoms with E-state index in [9.17, 15) is 9.59 Å². The van der Waals surface area contributed by atoms with Gasteiger partial charge in [-0.25, -0.2) is 0 Å². The van der Waals surface area contributed by atoms with Crippen LogP contribution in [0.4, 0.5) is 0 Å². The minimum atomic E-state index is -0.409. The van der Waals surface area contributed by atoms with E-state index in [1.54, 1.807) is 0 Å². The highest BCUT2D eigenvalue weighted by Gasteiger charge is 2.55. The molecule has 1 aromatic rings. The SMILES string of the molecule is CC1OCCC12CC(=O)NC(=O)C2c1ccc(Br)cc1. The number of carbonyl (C=O) groups is 2. The summed E-state index contributed by atoms with van der Waals surface area (Å²) in [5.74, 6) is -0.729. The number of nitrogens with one attached hydrogen (secondary N) is 1. The molecule has 5 heteroatoms. The average molecular weight is 338 g/mol. The van der Waals surface area contributed by atoms with E-state index < -0.39 is 5.41 Å². The van der Waals surface area contributed by atoms with Crippen LogP contribution in [0, 0.1) is 5.41 Å². The number of rotatable bonds is 1. The van der Waals surface area contributed by atoms with Crippen molar-refractivity contribution in [2.45, 2.75) is 31.8 Å². The van der Waals surface area contributed by atoms with Crippen LogP contribution in [-0.4, -0.2) is 24.5 Å². The molecule has 3 unspecified atom stereocenters. The summed E-state index contributed by atoms with van der Waals surface area (Å²) >= 11 is 3.40. The van der Waals surface area contributed by atoms with Gasteiger partial charge in [0.1, 0.15) is 0 Å². The van der Waals surface area contributed by atoms with E-state index in [1.807, 2.05) is 31.2 Å². The Morgan fingerprint density at radius 3 is 2.60 bits per heavy atom. The third-order valence-corrected chi connectivity index (χ3v) is 5.07. The molecule has 2 fully saturated rings. The number of carbonyl (C=O) groups excluding carboxylic acids is 2. The number of piperidine rings is 1. The molecule has 106 valence electrons. The molecule has 3 atom stereocenters. The standard InChI is InChI=1S/C15H16BrNO3/c1-9-15(6-7-20-9)8-12(18)17-14(19)13(15)10-2-4-11(16)5-3-10/h2-5,9,13H,6-8H2,1H3,(H,17,18,19). The predicted molar refractivity (Wildman–Crippen MR) is 77.1 cm³/mol. The zero-order valence-corrected chi connectivity index (χ0v) is 12.8. The zero-order chi connectivity index (χ0) is 14.3. The van der Waals surface area contributed by atoms with Crippen LogP contribution in [0.3, 0.4) is 0 Å². The van der Waals surface area contributed by atoms with Crippen molar-refractivity contribution in [3.63, 3.8) is 0 Å². The van der Waals surface area contributed by atoms with Crippen LogP contribution in [0.2, 0.25) is 0 Å². The number of benzene rings is 1. The Balaban J connectivity index is 2.06. The van der Waals surface area contributed by atoms with Gasteiger partial charge in [-0.3, -0.25) is 14.9 Å². The van der Waals surface area contributed by atoms with Gasteiger partial charge in [-0.1, -0.05) is 28.1 Å². The second kappa shape index (κ2) is 4.97. The molecular formula is C15H16BrNO3. The topological polar surface area (TPSA) is 55.4 Å². The van der Waals surface area contributed by atoms with Crippen LogP contribution in [0.25, 0.3) is 0 Å². The Labute approximate surface area is 126 Å². The number of hydrogen-bond acceptors (Lipinski definition) is 3. The minimum absolute atomic E-state index is 0.0915. The summed E-state index contributed by atoms with van der Waals surface area (Å²) in [4.78, 5) is 24.2. The Hall–Kier alpha value is -1.20. The Bertz CT molecular complexity index is 557. The molecule has 4 nitrogen and oxygen atoms in total. The molecule has 3 rings (SSSR count). The van der Waals surface area contributed by atoms with Crippen LogP contribution in [0.15, 0.2) is 28.7 Å². The molecule has 0 bridgehead atoms. The van der Waals surface area contributed by atoms with Crippen molar-refractivity contribution in [1.29, 1.82) is 0 Å². The monoisotopic (exact) mass is 337 g/mol. The Morgan fingerprint density at radius 2 is 2.00 bits per heavy atom. The molecule has 0 radical (unpaired) electrons. The summed E-state index contributed by atoms with van der Waals surface area (Å²) in [7, 11) is 0. The van der Waals surface area contributed by atoms with Gasteiger partial charge in [0.25, 0.3) is 0 Å². The van der Waals surface area contributed by atoms with Crippen LogP contribution in [-0.2, 0) is 14.3 Å². The van der Waals surface area contributed by atoms with Crippen molar-refractivity contribution in [3.8, 4) is 0 Å². The van der Waals surface area contributed by atoms with Crippen LogP contribution >= 0.6 is 15.9 Å². The highest BCUT2D eigenvalue weighted by molar-refractivity contribution is 9.10. The number of imide groups is 1. The number of halogens is 1. The minimum Gasteiger partial charge on any atom is -0.378 e. The van der Waals surface area contributed by atoms with Crippen molar-refractivity contribution < 1.29 is 14.3 Å². The maximum Gasteiger partial charge on any atom is 0.234 e. The molecule has 1 N–H and O–H groups in total. The second-order valence-corrected chi connectivity index (χ2v) is 6.49. The van der Waals surface area contributed by atoms with E-state index in [1.165, 1.54) is 0 Å². The zero-order valence-electron chi connectivity index (χ0n) is 11.2. The molecule has 0 saturated carbocycles. The van der Waals surface area contributed by atoms with E-state index in [-0.39, 0.29) is 23.8 Å². The molecule has 1 aromatic carbocycles. The molecular weight excluding hydrogens is 322 g/mol. The van der Waals surface area contributed by atoms with Gasteiger partial charge in [0.15, 0.2) is 0 Å². The van der Waals surface area contributed by atoms with E-state index >= 15 is 0 Å². The van der Waals surface area contributed by atoms with Crippen molar-refractivity contribution in [3.05, 3.63) is 34.3 Å². The molecule has 2 aliphatic heterocycles. The molecule has 1 spiro atoms. The molecule has 0 aromatic heterocycles. The lowest BCUT2D eigenvalue weighted by Gasteiger charge is -2.41. The first kappa shape index (κ1) is 13.8. The smallest absolute Gasteiger partial charge is 0.234 e. The highest BCUT2D eigenvalue weighted by Crippen LogP contribution is 2.51. The fourth-order valence-electron chi connectivity index (χ4n) is 3.46. The summed E-state index contributed by atoms with van der Waals surface area (Å²) in [6, 6.07) is 7.73. The fraction of sp³-hybridized carbons (Fsp3) is 0.467. The molecule has 2 saturated heterocycles. The Kier molecular flexibility index (Phi) is 3.42. The molecule has 0 aliphatic carbocycles. The third-order valence-electron chi connectivity index (χ3n) is 4.54. The first-order valence-corrected chi connectivity index (χ1v) is 7.53. The van der Waals surface area contributed by atoms with Gasteiger partial charge in [0.2, 0.25) is 11.8 Å². The fourth-order valence-corrected chi connectivity index (χ4v) is 3.72. The maximum absolute atomic E-state index is 12.4. The summed E-state index contributed by atoms with van der Waals surface area (Å²) in [6.45, 7) is 2.57. The molecule has 20 heavy (non-hydrogen) atoms. The molecule has 2 heterocycles. The quantitative estimate of drug-likeness (QED) is 0.800. The van der Waals surface area contributed by atoms with E-state index in [0.29, 0.717) is 13.0 Å². The first-order valence-electron chi connectivity index (χ1n) is 6.74. The van der Waals surface area contributed by atoms with Crippen LogP contribution in [0.1, 0.15) is 31.2 Å². The summed E-state index contributed by atoms with van der Waals surface area (Å²) in [5.41, 5.74) is 0.531. The van der Waals surface area contributed by atoms with E-state index in [4.69, 9.17) is 4.74 Å². The van der Waals surface area contributed by atoms with Gasteiger partial charge in [0, 0.05) is 22.9 Å². The normalized spacial score (nSPS) is 33.5. The van der Waals surface area contributed by atoms with Crippen molar-refractivity contribution in [2.75, 3.05) is 6.61 Å².